The third-order valence-electron chi connectivity index (χ3n) is 1.94. The van der Waals surface area contributed by atoms with E-state index in [1.54, 1.807) is 0 Å². The first-order chi connectivity index (χ1) is 5.27. The van der Waals surface area contributed by atoms with Crippen LogP contribution in [0.1, 0.15) is 13.3 Å². The lowest BCUT2D eigenvalue weighted by Crippen LogP contribution is -2.59. The van der Waals surface area contributed by atoms with Crippen molar-refractivity contribution < 1.29 is 4.74 Å². The number of ether oxygens (including phenoxy) is 1. The topological polar surface area (TPSA) is 21.3 Å². The van der Waals surface area contributed by atoms with Gasteiger partial charge in [0.15, 0.2) is 0 Å². The van der Waals surface area contributed by atoms with E-state index < -0.39 is 0 Å². The summed E-state index contributed by atoms with van der Waals surface area (Å²) in [6, 6.07) is 0. The molecule has 1 N–H and O–H groups in total. The van der Waals surface area contributed by atoms with Crippen molar-refractivity contribution in [2.45, 2.75) is 18.9 Å². The molecule has 0 aromatic heterocycles. The van der Waals surface area contributed by atoms with Gasteiger partial charge in [0.2, 0.25) is 0 Å². The Morgan fingerprint density at radius 2 is 2.27 bits per heavy atom. The second-order valence-electron chi connectivity index (χ2n) is 3.25. The molecule has 1 rings (SSSR count). The Labute approximate surface area is 73.1 Å². The molecule has 2 nitrogen and oxygen atoms in total. The molecule has 3 heteroatoms. The van der Waals surface area contributed by atoms with Crippen molar-refractivity contribution in [1.82, 2.24) is 5.32 Å². The van der Waals surface area contributed by atoms with Crippen LogP contribution in [0.2, 0.25) is 0 Å². The highest BCUT2D eigenvalue weighted by atomic mass is 32.2. The first kappa shape index (κ1) is 9.36. The standard InChI is InChI=1S/C8H17NOS/c1-8(6-9-7-8)10-4-3-5-11-2/h9H,3-7H2,1-2H3. The molecule has 66 valence electrons. The van der Waals surface area contributed by atoms with Gasteiger partial charge in [0, 0.05) is 19.7 Å². The van der Waals surface area contributed by atoms with Gasteiger partial charge in [-0.05, 0) is 25.4 Å². The second-order valence-corrected chi connectivity index (χ2v) is 4.23. The summed E-state index contributed by atoms with van der Waals surface area (Å²) in [6.07, 6.45) is 3.31. The predicted molar refractivity (Wildman–Crippen MR) is 50.2 cm³/mol. The van der Waals surface area contributed by atoms with E-state index in [1.165, 1.54) is 12.2 Å². The minimum Gasteiger partial charge on any atom is -0.373 e. The molecule has 0 aliphatic carbocycles. The van der Waals surface area contributed by atoms with E-state index in [0.29, 0.717) is 0 Å². The quantitative estimate of drug-likeness (QED) is 0.633. The number of thioether (sulfide) groups is 1. The molecular formula is C8H17NOS. The first-order valence-electron chi connectivity index (χ1n) is 4.10. The fraction of sp³-hybridized carbons (Fsp3) is 1.00. The number of nitrogens with one attached hydrogen (secondary N) is 1. The molecule has 0 bridgehead atoms. The molecule has 0 aromatic carbocycles. The highest BCUT2D eigenvalue weighted by Gasteiger charge is 2.31. The van der Waals surface area contributed by atoms with Gasteiger partial charge in [-0.3, -0.25) is 0 Å². The van der Waals surface area contributed by atoms with Crippen LogP contribution in [0.3, 0.4) is 0 Å². The normalized spacial score (nSPS) is 21.3. The van der Waals surface area contributed by atoms with E-state index >= 15 is 0 Å². The van der Waals surface area contributed by atoms with Crippen molar-refractivity contribution >= 4 is 11.8 Å². The zero-order valence-corrected chi connectivity index (χ0v) is 8.17. The SMILES string of the molecule is CSCCCOC1(C)CNC1. The Morgan fingerprint density at radius 3 is 2.73 bits per heavy atom. The molecule has 1 aliphatic heterocycles. The molecule has 1 fully saturated rings. The largest absolute Gasteiger partial charge is 0.373 e. The second kappa shape index (κ2) is 4.33. The number of hydrogen-bond acceptors (Lipinski definition) is 3. The lowest BCUT2D eigenvalue weighted by atomic mass is 10.0. The van der Waals surface area contributed by atoms with Gasteiger partial charge < -0.3 is 10.1 Å². The van der Waals surface area contributed by atoms with Crippen LogP contribution in [-0.4, -0.2) is 37.3 Å². The van der Waals surface area contributed by atoms with Crippen molar-refractivity contribution in [3.63, 3.8) is 0 Å². The molecule has 0 unspecified atom stereocenters. The molecule has 0 radical (unpaired) electrons. The van der Waals surface area contributed by atoms with Gasteiger partial charge in [-0.2, -0.15) is 11.8 Å². The van der Waals surface area contributed by atoms with E-state index in [4.69, 9.17) is 4.74 Å². The van der Waals surface area contributed by atoms with Gasteiger partial charge in [-0.25, -0.2) is 0 Å². The molecule has 0 spiro atoms. The molecule has 11 heavy (non-hydrogen) atoms. The van der Waals surface area contributed by atoms with Crippen LogP contribution in [0.25, 0.3) is 0 Å². The van der Waals surface area contributed by atoms with Gasteiger partial charge in [0.1, 0.15) is 0 Å². The van der Waals surface area contributed by atoms with Crippen molar-refractivity contribution in [1.29, 1.82) is 0 Å². The Kier molecular flexibility index (Phi) is 3.69. The maximum Gasteiger partial charge on any atom is 0.0901 e. The van der Waals surface area contributed by atoms with Crippen molar-refractivity contribution in [2.24, 2.45) is 0 Å². The lowest BCUT2D eigenvalue weighted by molar-refractivity contribution is -0.0659. The Balaban J connectivity index is 1.94. The van der Waals surface area contributed by atoms with Gasteiger partial charge in [-0.15, -0.1) is 0 Å². The Bertz CT molecular complexity index is 115. The maximum atomic E-state index is 5.69. The number of hydrogen-bond donors (Lipinski definition) is 1. The predicted octanol–water partition coefficient (Wildman–Crippen LogP) is 1.12. The summed E-state index contributed by atoms with van der Waals surface area (Å²) >= 11 is 1.88. The molecule has 0 aromatic rings. The molecule has 1 heterocycles. The summed E-state index contributed by atoms with van der Waals surface area (Å²) in [6.45, 7) is 5.13. The first-order valence-corrected chi connectivity index (χ1v) is 5.50. The average Bonchev–Trinajstić information content (AvgIpc) is 1.95. The lowest BCUT2D eigenvalue weighted by Gasteiger charge is -2.39. The highest BCUT2D eigenvalue weighted by Crippen LogP contribution is 2.15. The van der Waals surface area contributed by atoms with E-state index in [-0.39, 0.29) is 5.60 Å². The molecule has 0 saturated carbocycles. The zero-order valence-electron chi connectivity index (χ0n) is 7.35. The maximum absolute atomic E-state index is 5.69. The molecule has 1 saturated heterocycles. The summed E-state index contributed by atoms with van der Waals surface area (Å²) in [5.41, 5.74) is 0.151. The van der Waals surface area contributed by atoms with E-state index in [0.717, 1.165) is 19.7 Å². The van der Waals surface area contributed by atoms with Crippen LogP contribution in [0, 0.1) is 0 Å². The van der Waals surface area contributed by atoms with Crippen LogP contribution in [0.15, 0.2) is 0 Å². The van der Waals surface area contributed by atoms with Gasteiger partial charge in [0.05, 0.1) is 5.60 Å². The smallest absolute Gasteiger partial charge is 0.0901 e. The van der Waals surface area contributed by atoms with Gasteiger partial charge >= 0.3 is 0 Å². The van der Waals surface area contributed by atoms with Crippen molar-refractivity contribution in [3.05, 3.63) is 0 Å². The van der Waals surface area contributed by atoms with Crippen LogP contribution in [0.4, 0.5) is 0 Å². The Hall–Kier alpha value is 0.270. The summed E-state index contributed by atoms with van der Waals surface area (Å²) < 4.78 is 5.69. The highest BCUT2D eigenvalue weighted by molar-refractivity contribution is 7.98. The fourth-order valence-corrected chi connectivity index (χ4v) is 1.51. The van der Waals surface area contributed by atoms with Crippen LogP contribution < -0.4 is 5.32 Å². The summed E-state index contributed by atoms with van der Waals surface area (Å²) in [7, 11) is 0. The van der Waals surface area contributed by atoms with Gasteiger partial charge in [-0.1, -0.05) is 0 Å². The molecular weight excluding hydrogens is 158 g/mol. The summed E-state index contributed by atoms with van der Waals surface area (Å²) in [4.78, 5) is 0. The molecule has 0 amide bonds. The van der Waals surface area contributed by atoms with Crippen LogP contribution in [-0.2, 0) is 4.74 Å². The molecule has 1 aliphatic rings. The van der Waals surface area contributed by atoms with Crippen molar-refractivity contribution in [3.8, 4) is 0 Å². The zero-order chi connectivity index (χ0) is 8.16. The third-order valence-corrected chi connectivity index (χ3v) is 2.64. The van der Waals surface area contributed by atoms with Crippen LogP contribution in [0.5, 0.6) is 0 Å². The monoisotopic (exact) mass is 175 g/mol. The summed E-state index contributed by atoms with van der Waals surface area (Å²) in [5.74, 6) is 1.21. The number of rotatable bonds is 5. The third kappa shape index (κ3) is 3.01. The van der Waals surface area contributed by atoms with E-state index in [1.807, 2.05) is 11.8 Å². The van der Waals surface area contributed by atoms with Crippen molar-refractivity contribution in [2.75, 3.05) is 31.7 Å². The van der Waals surface area contributed by atoms with Crippen LogP contribution >= 0.6 is 11.8 Å². The van der Waals surface area contributed by atoms with E-state index in [2.05, 4.69) is 18.5 Å². The minimum atomic E-state index is 0.151. The molecule has 0 atom stereocenters. The Morgan fingerprint density at radius 1 is 1.55 bits per heavy atom. The summed E-state index contributed by atoms with van der Waals surface area (Å²) in [5, 5.41) is 3.21. The average molecular weight is 175 g/mol. The minimum absolute atomic E-state index is 0.151. The van der Waals surface area contributed by atoms with E-state index in [9.17, 15) is 0 Å². The van der Waals surface area contributed by atoms with Gasteiger partial charge in [0.25, 0.3) is 0 Å². The fourth-order valence-electron chi connectivity index (χ4n) is 1.10.